The molecule has 3 rings (SSSR count). The smallest absolute Gasteiger partial charge is 0.129 e. The summed E-state index contributed by atoms with van der Waals surface area (Å²) in [7, 11) is 0. The third-order valence-corrected chi connectivity index (χ3v) is 5.10. The minimum Gasteiger partial charge on any atom is -0.488 e. The second-order valence-corrected chi connectivity index (χ2v) is 6.53. The van der Waals surface area contributed by atoms with Gasteiger partial charge in [0.05, 0.1) is 4.99 Å². The van der Waals surface area contributed by atoms with Crippen molar-refractivity contribution in [3.8, 4) is 5.75 Å². The van der Waals surface area contributed by atoms with Crippen LogP contribution < -0.4 is 15.8 Å². The van der Waals surface area contributed by atoms with Gasteiger partial charge in [0.25, 0.3) is 0 Å². The van der Waals surface area contributed by atoms with Gasteiger partial charge in [-0.3, -0.25) is 0 Å². The van der Waals surface area contributed by atoms with Crippen LogP contribution in [0.4, 0.5) is 5.69 Å². The number of nitrogens with one attached hydrogen (secondary N) is 1. The molecule has 0 amide bonds. The molecule has 0 bridgehead atoms. The number of anilines is 1. The Bertz CT molecular complexity index is 580. The van der Waals surface area contributed by atoms with Crippen LogP contribution >= 0.6 is 12.2 Å². The van der Waals surface area contributed by atoms with E-state index in [-0.39, 0.29) is 11.5 Å². The molecule has 0 saturated heterocycles. The zero-order valence-electron chi connectivity index (χ0n) is 11.8. The van der Waals surface area contributed by atoms with Gasteiger partial charge in [0, 0.05) is 34.7 Å². The van der Waals surface area contributed by atoms with Crippen LogP contribution in [0.15, 0.2) is 6.07 Å². The summed E-state index contributed by atoms with van der Waals surface area (Å²) in [6.45, 7) is 9.15. The highest BCUT2D eigenvalue weighted by Gasteiger charge is 2.43. The fraction of sp³-hybridized carbons (Fsp3) is 0.533. The maximum atomic E-state index is 6.13. The molecule has 3 nitrogen and oxygen atoms in total. The van der Waals surface area contributed by atoms with E-state index in [0.29, 0.717) is 12.5 Å². The van der Waals surface area contributed by atoms with Crippen LogP contribution in [-0.2, 0) is 5.41 Å². The largest absolute Gasteiger partial charge is 0.488 e. The highest BCUT2D eigenvalue weighted by molar-refractivity contribution is 7.80. The van der Waals surface area contributed by atoms with Crippen LogP contribution in [-0.4, -0.2) is 17.6 Å². The molecule has 4 heteroatoms. The average Bonchev–Trinajstić information content (AvgIpc) is 2.78. The Labute approximate surface area is 119 Å². The van der Waals surface area contributed by atoms with Crippen molar-refractivity contribution in [2.24, 2.45) is 5.73 Å². The summed E-state index contributed by atoms with van der Waals surface area (Å²) in [6.07, 6.45) is 0.0749. The Morgan fingerprint density at radius 2 is 2.16 bits per heavy atom. The molecule has 0 spiro atoms. The summed E-state index contributed by atoms with van der Waals surface area (Å²) < 4.78 is 6.13. The van der Waals surface area contributed by atoms with Crippen molar-refractivity contribution < 1.29 is 4.74 Å². The number of fused-ring (bicyclic) bond motifs is 3. The SMILES string of the molecule is Cc1cc2c(c3c1NC(=S)C3(C)C)O[C@@H](CN)[C@@H]2C. The highest BCUT2D eigenvalue weighted by Crippen LogP contribution is 2.52. The fourth-order valence-electron chi connectivity index (χ4n) is 3.14. The van der Waals surface area contributed by atoms with Crippen molar-refractivity contribution in [3.63, 3.8) is 0 Å². The summed E-state index contributed by atoms with van der Waals surface area (Å²) in [5, 5.41) is 3.35. The van der Waals surface area contributed by atoms with Crippen molar-refractivity contribution in [2.75, 3.05) is 11.9 Å². The van der Waals surface area contributed by atoms with E-state index < -0.39 is 0 Å². The Kier molecular flexibility index (Phi) is 2.67. The summed E-state index contributed by atoms with van der Waals surface area (Å²) in [5.74, 6) is 1.34. The van der Waals surface area contributed by atoms with Gasteiger partial charge in [-0.15, -0.1) is 0 Å². The predicted molar refractivity (Wildman–Crippen MR) is 82.3 cm³/mol. The quantitative estimate of drug-likeness (QED) is 0.774. The molecule has 0 radical (unpaired) electrons. The molecular weight excluding hydrogens is 256 g/mol. The Morgan fingerprint density at radius 1 is 1.47 bits per heavy atom. The number of benzene rings is 1. The van der Waals surface area contributed by atoms with Crippen molar-refractivity contribution in [3.05, 3.63) is 22.8 Å². The fourth-order valence-corrected chi connectivity index (χ4v) is 3.34. The minimum atomic E-state index is -0.177. The summed E-state index contributed by atoms with van der Waals surface area (Å²) in [6, 6.07) is 2.21. The van der Waals surface area contributed by atoms with Crippen LogP contribution in [0.5, 0.6) is 5.75 Å². The van der Waals surface area contributed by atoms with E-state index in [1.165, 1.54) is 16.7 Å². The number of aryl methyl sites for hydroxylation is 1. The predicted octanol–water partition coefficient (Wildman–Crippen LogP) is 2.85. The summed E-state index contributed by atoms with van der Waals surface area (Å²) in [4.78, 5) is 0.867. The molecule has 3 N–H and O–H groups in total. The van der Waals surface area contributed by atoms with Gasteiger partial charge in [-0.2, -0.15) is 0 Å². The number of nitrogens with two attached hydrogens (primary N) is 1. The van der Waals surface area contributed by atoms with Crippen LogP contribution in [0.25, 0.3) is 0 Å². The van der Waals surface area contributed by atoms with E-state index in [2.05, 4.69) is 39.1 Å². The third kappa shape index (κ3) is 1.56. The molecule has 2 heterocycles. The van der Waals surface area contributed by atoms with Gasteiger partial charge in [-0.1, -0.05) is 19.1 Å². The number of hydrogen-bond donors (Lipinski definition) is 2. The number of ether oxygens (including phenoxy) is 1. The third-order valence-electron chi connectivity index (χ3n) is 4.49. The molecule has 0 aromatic heterocycles. The Hall–Kier alpha value is -1.13. The normalized spacial score (nSPS) is 26.7. The molecular formula is C15H20N2OS. The van der Waals surface area contributed by atoms with Crippen molar-refractivity contribution in [1.29, 1.82) is 0 Å². The standard InChI is InChI=1S/C15H20N2OS/c1-7-5-9-8(2)10(6-16)18-13(9)11-12(7)17-14(19)15(11,3)4/h5,8,10H,6,16H2,1-4H3,(H,17,19)/t8-,10+/m1/s1. The lowest BCUT2D eigenvalue weighted by atomic mass is 9.83. The molecule has 0 saturated carbocycles. The molecule has 102 valence electrons. The van der Waals surface area contributed by atoms with Gasteiger partial charge in [0.15, 0.2) is 0 Å². The lowest BCUT2D eigenvalue weighted by Crippen LogP contribution is -2.28. The van der Waals surface area contributed by atoms with Gasteiger partial charge in [0.2, 0.25) is 0 Å². The van der Waals surface area contributed by atoms with Crippen molar-refractivity contribution in [2.45, 2.75) is 45.1 Å². The van der Waals surface area contributed by atoms with E-state index in [1.807, 2.05) is 0 Å². The molecule has 1 aromatic carbocycles. The van der Waals surface area contributed by atoms with Crippen LogP contribution in [0.3, 0.4) is 0 Å². The number of hydrogen-bond acceptors (Lipinski definition) is 3. The molecule has 0 fully saturated rings. The highest BCUT2D eigenvalue weighted by atomic mass is 32.1. The lowest BCUT2D eigenvalue weighted by Gasteiger charge is -2.21. The van der Waals surface area contributed by atoms with E-state index in [9.17, 15) is 0 Å². The maximum absolute atomic E-state index is 6.13. The second kappa shape index (κ2) is 3.93. The van der Waals surface area contributed by atoms with E-state index in [1.54, 1.807) is 0 Å². The molecule has 0 unspecified atom stereocenters. The Balaban J connectivity index is 2.26. The van der Waals surface area contributed by atoms with Crippen LogP contribution in [0.1, 0.15) is 43.4 Å². The van der Waals surface area contributed by atoms with Gasteiger partial charge < -0.3 is 15.8 Å². The van der Waals surface area contributed by atoms with Crippen molar-refractivity contribution >= 4 is 22.9 Å². The van der Waals surface area contributed by atoms with E-state index >= 15 is 0 Å². The molecule has 0 aliphatic carbocycles. The first-order valence-corrected chi connectivity index (χ1v) is 7.15. The molecule has 2 aliphatic rings. The van der Waals surface area contributed by atoms with E-state index in [0.717, 1.165) is 16.4 Å². The molecule has 2 atom stereocenters. The first-order chi connectivity index (χ1) is 8.87. The first kappa shape index (κ1) is 12.9. The van der Waals surface area contributed by atoms with Gasteiger partial charge >= 0.3 is 0 Å². The molecule has 2 aliphatic heterocycles. The lowest BCUT2D eigenvalue weighted by molar-refractivity contribution is 0.217. The monoisotopic (exact) mass is 276 g/mol. The molecule has 19 heavy (non-hydrogen) atoms. The van der Waals surface area contributed by atoms with Crippen LogP contribution in [0, 0.1) is 6.92 Å². The van der Waals surface area contributed by atoms with E-state index in [4.69, 9.17) is 22.7 Å². The van der Waals surface area contributed by atoms with Gasteiger partial charge in [0.1, 0.15) is 11.9 Å². The average molecular weight is 276 g/mol. The van der Waals surface area contributed by atoms with Gasteiger partial charge in [-0.25, -0.2) is 0 Å². The topological polar surface area (TPSA) is 47.3 Å². The maximum Gasteiger partial charge on any atom is 0.129 e. The summed E-state index contributed by atoms with van der Waals surface area (Å²) in [5.41, 5.74) is 10.5. The first-order valence-electron chi connectivity index (χ1n) is 6.74. The minimum absolute atomic E-state index is 0.0749. The summed E-state index contributed by atoms with van der Waals surface area (Å²) >= 11 is 5.49. The van der Waals surface area contributed by atoms with Crippen molar-refractivity contribution in [1.82, 2.24) is 0 Å². The number of rotatable bonds is 1. The zero-order valence-corrected chi connectivity index (χ0v) is 12.6. The van der Waals surface area contributed by atoms with Crippen LogP contribution in [0.2, 0.25) is 0 Å². The second-order valence-electron chi connectivity index (χ2n) is 6.12. The van der Waals surface area contributed by atoms with Gasteiger partial charge in [-0.05, 0) is 32.4 Å². The Morgan fingerprint density at radius 3 is 2.79 bits per heavy atom. The zero-order chi connectivity index (χ0) is 13.9. The molecule has 1 aromatic rings. The number of thiocarbonyl (C=S) groups is 1.